The summed E-state index contributed by atoms with van der Waals surface area (Å²) in [5, 5.41) is 3.71. The second-order valence-corrected chi connectivity index (χ2v) is 6.92. The second kappa shape index (κ2) is 7.77. The summed E-state index contributed by atoms with van der Waals surface area (Å²) in [5.41, 5.74) is 2.50. The highest BCUT2D eigenvalue weighted by Gasteiger charge is 2.48. The highest BCUT2D eigenvalue weighted by molar-refractivity contribution is 5.85. The first-order valence-electron chi connectivity index (χ1n) is 8.88. The van der Waals surface area contributed by atoms with Crippen LogP contribution < -0.4 is 10.1 Å². The lowest BCUT2D eigenvalue weighted by atomic mass is 9.77. The summed E-state index contributed by atoms with van der Waals surface area (Å²) in [5.74, 6) is 1.37. The Morgan fingerprint density at radius 3 is 2.64 bits per heavy atom. The van der Waals surface area contributed by atoms with Gasteiger partial charge in [0.1, 0.15) is 5.75 Å². The SMILES string of the molecule is COc1ccccc1[C@@H]1CO[C@]2(CCCN[C@H]2c2ccccc2)C1.Cl. The molecule has 0 amide bonds. The first-order valence-corrected chi connectivity index (χ1v) is 8.88. The van der Waals surface area contributed by atoms with Gasteiger partial charge in [-0.2, -0.15) is 0 Å². The van der Waals surface area contributed by atoms with E-state index in [1.807, 2.05) is 12.1 Å². The zero-order valence-electron chi connectivity index (χ0n) is 14.6. The smallest absolute Gasteiger partial charge is 0.122 e. The Morgan fingerprint density at radius 2 is 1.84 bits per heavy atom. The molecule has 0 aliphatic carbocycles. The summed E-state index contributed by atoms with van der Waals surface area (Å²) >= 11 is 0. The van der Waals surface area contributed by atoms with Gasteiger partial charge in [0, 0.05) is 5.92 Å². The summed E-state index contributed by atoms with van der Waals surface area (Å²) in [6.07, 6.45) is 3.33. The molecular weight excluding hydrogens is 334 g/mol. The zero-order valence-corrected chi connectivity index (χ0v) is 15.4. The molecule has 2 aliphatic rings. The summed E-state index contributed by atoms with van der Waals surface area (Å²) in [6.45, 7) is 1.83. The van der Waals surface area contributed by atoms with Gasteiger partial charge in [-0.25, -0.2) is 0 Å². The lowest BCUT2D eigenvalue weighted by Gasteiger charge is -2.41. The van der Waals surface area contributed by atoms with Crippen molar-refractivity contribution in [2.45, 2.75) is 36.8 Å². The molecule has 0 radical (unpaired) electrons. The number of methoxy groups -OCH3 is 1. The van der Waals surface area contributed by atoms with Gasteiger partial charge in [0.2, 0.25) is 0 Å². The van der Waals surface area contributed by atoms with Gasteiger partial charge in [0.05, 0.1) is 25.4 Å². The molecule has 0 aromatic heterocycles. The number of hydrogen-bond acceptors (Lipinski definition) is 3. The van der Waals surface area contributed by atoms with Crippen LogP contribution in [0.3, 0.4) is 0 Å². The monoisotopic (exact) mass is 359 g/mol. The maximum atomic E-state index is 6.50. The van der Waals surface area contributed by atoms with Crippen LogP contribution in [-0.4, -0.2) is 25.9 Å². The highest BCUT2D eigenvalue weighted by Crippen LogP contribution is 2.49. The average molecular weight is 360 g/mol. The van der Waals surface area contributed by atoms with Crippen LogP contribution in [-0.2, 0) is 4.74 Å². The van der Waals surface area contributed by atoms with Crippen LogP contribution in [0.15, 0.2) is 54.6 Å². The Bertz CT molecular complexity index is 693. The van der Waals surface area contributed by atoms with Gasteiger partial charge in [0.25, 0.3) is 0 Å². The lowest BCUT2D eigenvalue weighted by Crippen LogP contribution is -2.48. The molecule has 2 aliphatic heterocycles. The zero-order chi connectivity index (χ0) is 16.4. The molecule has 134 valence electrons. The molecule has 2 heterocycles. The van der Waals surface area contributed by atoms with Gasteiger partial charge in [-0.3, -0.25) is 0 Å². The van der Waals surface area contributed by atoms with E-state index in [4.69, 9.17) is 9.47 Å². The van der Waals surface area contributed by atoms with Gasteiger partial charge in [-0.05, 0) is 43.0 Å². The van der Waals surface area contributed by atoms with Crippen molar-refractivity contribution in [1.82, 2.24) is 5.32 Å². The third kappa shape index (κ3) is 3.41. The molecule has 0 unspecified atom stereocenters. The number of ether oxygens (including phenoxy) is 2. The molecule has 3 nitrogen and oxygen atoms in total. The third-order valence-corrected chi connectivity index (χ3v) is 5.53. The standard InChI is InChI=1S/C21H25NO2.ClH/c1-23-19-11-6-5-10-18(19)17-14-21(24-15-17)12-7-13-22-20(21)16-8-3-2-4-9-16;/h2-6,8-11,17,20,22H,7,12-15H2,1H3;1H/t17-,20-,21+;/m0./s1. The minimum absolute atomic E-state index is 0. The minimum Gasteiger partial charge on any atom is -0.496 e. The molecule has 25 heavy (non-hydrogen) atoms. The van der Waals surface area contributed by atoms with Crippen molar-refractivity contribution in [2.24, 2.45) is 0 Å². The average Bonchev–Trinajstić information content (AvgIpc) is 3.07. The van der Waals surface area contributed by atoms with Gasteiger partial charge >= 0.3 is 0 Å². The summed E-state index contributed by atoms with van der Waals surface area (Å²) in [4.78, 5) is 0. The fraction of sp³-hybridized carbons (Fsp3) is 0.429. The Morgan fingerprint density at radius 1 is 1.08 bits per heavy atom. The van der Waals surface area contributed by atoms with E-state index in [2.05, 4.69) is 47.8 Å². The van der Waals surface area contributed by atoms with Crippen LogP contribution in [0.1, 0.15) is 42.3 Å². The summed E-state index contributed by atoms with van der Waals surface area (Å²) in [7, 11) is 1.75. The maximum Gasteiger partial charge on any atom is 0.122 e. The topological polar surface area (TPSA) is 30.5 Å². The Kier molecular flexibility index (Phi) is 5.67. The van der Waals surface area contributed by atoms with Gasteiger partial charge < -0.3 is 14.8 Å². The largest absolute Gasteiger partial charge is 0.496 e. The molecule has 2 aromatic rings. The van der Waals surface area contributed by atoms with Gasteiger partial charge in [-0.1, -0.05) is 48.5 Å². The normalized spacial score (nSPS) is 28.5. The molecule has 4 rings (SSSR count). The molecule has 2 saturated heterocycles. The number of rotatable bonds is 3. The fourth-order valence-corrected chi connectivity index (χ4v) is 4.41. The Balaban J connectivity index is 0.00000182. The van der Waals surface area contributed by atoms with Crippen LogP contribution in [0.5, 0.6) is 5.75 Å². The fourth-order valence-electron chi connectivity index (χ4n) is 4.41. The number of para-hydroxylation sites is 1. The van der Waals surface area contributed by atoms with Crippen LogP contribution >= 0.6 is 12.4 Å². The van der Waals surface area contributed by atoms with E-state index in [9.17, 15) is 0 Å². The quantitative estimate of drug-likeness (QED) is 0.876. The third-order valence-electron chi connectivity index (χ3n) is 5.53. The molecule has 2 fully saturated rings. The lowest BCUT2D eigenvalue weighted by molar-refractivity contribution is -0.0484. The predicted molar refractivity (Wildman–Crippen MR) is 103 cm³/mol. The molecule has 3 atom stereocenters. The molecule has 1 spiro atoms. The molecule has 1 N–H and O–H groups in total. The molecular formula is C21H26ClNO2. The van der Waals surface area contributed by atoms with Crippen molar-refractivity contribution in [3.05, 3.63) is 65.7 Å². The van der Waals surface area contributed by atoms with Crippen LogP contribution in [0.25, 0.3) is 0 Å². The van der Waals surface area contributed by atoms with Crippen molar-refractivity contribution >= 4 is 12.4 Å². The first-order chi connectivity index (χ1) is 11.8. The predicted octanol–water partition coefficient (Wildman–Crippen LogP) is 4.48. The number of hydrogen-bond donors (Lipinski definition) is 1. The van der Waals surface area contributed by atoms with Gasteiger partial charge in [-0.15, -0.1) is 12.4 Å². The number of piperidine rings is 1. The highest BCUT2D eigenvalue weighted by atomic mass is 35.5. The molecule has 0 bridgehead atoms. The van der Waals surface area contributed by atoms with E-state index >= 15 is 0 Å². The number of halogens is 1. The number of nitrogens with one attached hydrogen (secondary N) is 1. The number of benzene rings is 2. The van der Waals surface area contributed by atoms with Gasteiger partial charge in [0.15, 0.2) is 0 Å². The van der Waals surface area contributed by atoms with E-state index in [0.717, 1.165) is 31.7 Å². The second-order valence-electron chi connectivity index (χ2n) is 6.92. The molecule has 2 aromatic carbocycles. The van der Waals surface area contributed by atoms with E-state index in [0.29, 0.717) is 5.92 Å². The van der Waals surface area contributed by atoms with Crippen molar-refractivity contribution in [3.8, 4) is 5.75 Å². The summed E-state index contributed by atoms with van der Waals surface area (Å²) in [6, 6.07) is 19.4. The first kappa shape index (κ1) is 18.2. The van der Waals surface area contributed by atoms with Crippen LogP contribution in [0.2, 0.25) is 0 Å². The van der Waals surface area contributed by atoms with Crippen molar-refractivity contribution in [2.75, 3.05) is 20.3 Å². The van der Waals surface area contributed by atoms with E-state index in [1.54, 1.807) is 7.11 Å². The molecule has 0 saturated carbocycles. The van der Waals surface area contributed by atoms with Crippen LogP contribution in [0.4, 0.5) is 0 Å². The van der Waals surface area contributed by atoms with E-state index in [-0.39, 0.29) is 24.0 Å². The maximum absolute atomic E-state index is 6.50. The summed E-state index contributed by atoms with van der Waals surface area (Å²) < 4.78 is 12.1. The van der Waals surface area contributed by atoms with Crippen molar-refractivity contribution < 1.29 is 9.47 Å². The Hall–Kier alpha value is -1.55. The van der Waals surface area contributed by atoms with E-state index < -0.39 is 0 Å². The Labute approximate surface area is 156 Å². The van der Waals surface area contributed by atoms with E-state index in [1.165, 1.54) is 17.5 Å². The van der Waals surface area contributed by atoms with Crippen LogP contribution in [0, 0.1) is 0 Å². The molecule has 4 heteroatoms. The van der Waals surface area contributed by atoms with Crippen molar-refractivity contribution in [1.29, 1.82) is 0 Å². The van der Waals surface area contributed by atoms with Crippen molar-refractivity contribution in [3.63, 3.8) is 0 Å². The minimum atomic E-state index is -0.106.